The van der Waals surface area contributed by atoms with E-state index >= 15 is 0 Å². The average Bonchev–Trinajstić information content (AvgIpc) is 2.27. The molecule has 0 aliphatic rings. The molecule has 5 heteroatoms. The molecule has 0 aliphatic heterocycles. The maximum atomic E-state index is 11.7. The van der Waals surface area contributed by atoms with Crippen LogP contribution in [0.25, 0.3) is 0 Å². The van der Waals surface area contributed by atoms with Gasteiger partial charge in [0, 0.05) is 0 Å². The van der Waals surface area contributed by atoms with E-state index < -0.39 is 5.97 Å². The molecule has 0 aromatic heterocycles. The molecular weight excluding hydrogens is 288 g/mol. The van der Waals surface area contributed by atoms with Crippen LogP contribution < -0.4 is 0 Å². The van der Waals surface area contributed by atoms with Gasteiger partial charge in [0.15, 0.2) is 0 Å². The molecule has 0 unspecified atom stereocenters. The molecule has 4 nitrogen and oxygen atoms in total. The summed E-state index contributed by atoms with van der Waals surface area (Å²) in [6.07, 6.45) is 1.38. The molecule has 0 radical (unpaired) electrons. The first kappa shape index (κ1) is 13.8. The van der Waals surface area contributed by atoms with Gasteiger partial charge in [-0.25, -0.2) is 4.79 Å². The minimum atomic E-state index is -0.575. The minimum Gasteiger partial charge on any atom is -0.507 e. The number of benzene rings is 1. The van der Waals surface area contributed by atoms with Gasteiger partial charge in [0.1, 0.15) is 21.5 Å². The highest BCUT2D eigenvalue weighted by atomic mass is 79.9. The quantitative estimate of drug-likeness (QED) is 0.839. The molecule has 0 saturated carbocycles. The number of carbonyl (C=O) groups is 1. The second kappa shape index (κ2) is 5.91. The summed E-state index contributed by atoms with van der Waals surface area (Å²) in [6, 6.07) is 1.47. The zero-order valence-electron chi connectivity index (χ0n) is 9.79. The molecule has 0 spiro atoms. The predicted octanol–water partition coefficient (Wildman–Crippen LogP) is 2.99. The van der Waals surface area contributed by atoms with Crippen LogP contribution in [-0.2, 0) is 11.2 Å². The SMILES string of the molecule is CCCc1cc(O)c(Br)c(O)c1C(=O)OCC. The lowest BCUT2D eigenvalue weighted by molar-refractivity contribution is 0.0521. The molecule has 0 saturated heterocycles. The maximum Gasteiger partial charge on any atom is 0.342 e. The summed E-state index contributed by atoms with van der Waals surface area (Å²) in [5.74, 6) is -0.931. The standard InChI is InChI=1S/C12H15BrO4/c1-3-5-7-6-8(14)10(13)11(15)9(7)12(16)17-4-2/h6,14-15H,3-5H2,1-2H3. The summed E-state index contributed by atoms with van der Waals surface area (Å²) in [4.78, 5) is 11.7. The number of phenolic OH excluding ortho intramolecular Hbond substituents is 2. The molecule has 1 aromatic rings. The summed E-state index contributed by atoms with van der Waals surface area (Å²) < 4.78 is 5.00. The number of aromatic hydroxyl groups is 2. The molecule has 0 fully saturated rings. The number of hydrogen-bond donors (Lipinski definition) is 2. The summed E-state index contributed by atoms with van der Waals surface area (Å²) in [6.45, 7) is 3.89. The topological polar surface area (TPSA) is 66.8 Å². The normalized spacial score (nSPS) is 10.3. The predicted molar refractivity (Wildman–Crippen MR) is 67.4 cm³/mol. The number of ether oxygens (including phenoxy) is 1. The number of phenols is 2. The third-order valence-corrected chi connectivity index (χ3v) is 3.08. The average molecular weight is 303 g/mol. The largest absolute Gasteiger partial charge is 0.507 e. The van der Waals surface area contributed by atoms with E-state index in [1.807, 2.05) is 6.92 Å². The molecule has 94 valence electrons. The highest BCUT2D eigenvalue weighted by Gasteiger charge is 2.22. The fourth-order valence-electron chi connectivity index (χ4n) is 1.58. The van der Waals surface area contributed by atoms with Gasteiger partial charge in [-0.3, -0.25) is 0 Å². The third-order valence-electron chi connectivity index (χ3n) is 2.30. The van der Waals surface area contributed by atoms with Crippen LogP contribution >= 0.6 is 15.9 Å². The number of esters is 1. The van der Waals surface area contributed by atoms with Crippen molar-refractivity contribution in [3.63, 3.8) is 0 Å². The van der Waals surface area contributed by atoms with Gasteiger partial charge in [0.25, 0.3) is 0 Å². The van der Waals surface area contributed by atoms with Gasteiger partial charge in [-0.05, 0) is 40.9 Å². The molecule has 0 amide bonds. The van der Waals surface area contributed by atoms with Gasteiger partial charge < -0.3 is 14.9 Å². The summed E-state index contributed by atoms with van der Waals surface area (Å²) in [7, 11) is 0. The Bertz CT molecular complexity index is 429. The first-order chi connectivity index (χ1) is 8.02. The van der Waals surface area contributed by atoms with E-state index in [9.17, 15) is 15.0 Å². The lowest BCUT2D eigenvalue weighted by atomic mass is 10.0. The highest BCUT2D eigenvalue weighted by molar-refractivity contribution is 9.10. The first-order valence-electron chi connectivity index (χ1n) is 5.43. The van der Waals surface area contributed by atoms with Crippen LogP contribution in [0.5, 0.6) is 11.5 Å². The van der Waals surface area contributed by atoms with Gasteiger partial charge in [-0.1, -0.05) is 13.3 Å². The molecular formula is C12H15BrO4. The first-order valence-corrected chi connectivity index (χ1v) is 6.22. The Balaban J connectivity index is 3.33. The van der Waals surface area contributed by atoms with Crippen molar-refractivity contribution in [1.29, 1.82) is 0 Å². The lowest BCUT2D eigenvalue weighted by Crippen LogP contribution is -2.09. The van der Waals surface area contributed by atoms with E-state index in [-0.39, 0.29) is 28.1 Å². The maximum absolute atomic E-state index is 11.7. The van der Waals surface area contributed by atoms with Gasteiger partial charge in [-0.2, -0.15) is 0 Å². The number of carbonyl (C=O) groups excluding carboxylic acids is 1. The van der Waals surface area contributed by atoms with Crippen LogP contribution in [-0.4, -0.2) is 22.8 Å². The Labute approximate surface area is 108 Å². The second-order valence-corrected chi connectivity index (χ2v) is 4.36. The van der Waals surface area contributed by atoms with Gasteiger partial charge in [0.05, 0.1) is 6.61 Å². The van der Waals surface area contributed by atoms with Crippen molar-refractivity contribution in [2.75, 3.05) is 6.61 Å². The van der Waals surface area contributed by atoms with Gasteiger partial charge in [-0.15, -0.1) is 0 Å². The molecule has 0 aliphatic carbocycles. The Morgan fingerprint density at radius 1 is 1.41 bits per heavy atom. The Morgan fingerprint density at radius 3 is 2.59 bits per heavy atom. The Hall–Kier alpha value is -1.23. The summed E-state index contributed by atoms with van der Waals surface area (Å²) in [5.41, 5.74) is 0.711. The second-order valence-electron chi connectivity index (χ2n) is 3.56. The Kier molecular flexibility index (Phi) is 4.81. The van der Waals surface area contributed by atoms with Crippen molar-refractivity contribution in [2.24, 2.45) is 0 Å². The van der Waals surface area contributed by atoms with E-state index in [0.29, 0.717) is 12.0 Å². The van der Waals surface area contributed by atoms with E-state index in [2.05, 4.69) is 15.9 Å². The van der Waals surface area contributed by atoms with Crippen molar-refractivity contribution in [3.05, 3.63) is 21.7 Å². The van der Waals surface area contributed by atoms with Crippen LogP contribution in [0.4, 0.5) is 0 Å². The third kappa shape index (κ3) is 2.91. The number of halogens is 1. The molecule has 1 rings (SSSR count). The van der Waals surface area contributed by atoms with Crippen LogP contribution in [0.15, 0.2) is 10.5 Å². The highest BCUT2D eigenvalue weighted by Crippen LogP contribution is 2.38. The van der Waals surface area contributed by atoms with Crippen molar-refractivity contribution in [2.45, 2.75) is 26.7 Å². The number of hydrogen-bond acceptors (Lipinski definition) is 4. The molecule has 0 heterocycles. The van der Waals surface area contributed by atoms with E-state index in [0.717, 1.165) is 6.42 Å². The van der Waals surface area contributed by atoms with E-state index in [4.69, 9.17) is 4.74 Å². The van der Waals surface area contributed by atoms with Crippen LogP contribution in [0.3, 0.4) is 0 Å². The molecule has 0 atom stereocenters. The monoisotopic (exact) mass is 302 g/mol. The molecule has 17 heavy (non-hydrogen) atoms. The summed E-state index contributed by atoms with van der Waals surface area (Å²) in [5, 5.41) is 19.5. The fraction of sp³-hybridized carbons (Fsp3) is 0.417. The van der Waals surface area contributed by atoms with Crippen LogP contribution in [0.1, 0.15) is 36.2 Å². The van der Waals surface area contributed by atoms with Crippen molar-refractivity contribution < 1.29 is 19.7 Å². The van der Waals surface area contributed by atoms with Crippen LogP contribution in [0, 0.1) is 0 Å². The van der Waals surface area contributed by atoms with Crippen LogP contribution in [0.2, 0.25) is 0 Å². The lowest BCUT2D eigenvalue weighted by Gasteiger charge is -2.12. The van der Waals surface area contributed by atoms with E-state index in [1.165, 1.54) is 6.07 Å². The van der Waals surface area contributed by atoms with Crippen molar-refractivity contribution >= 4 is 21.9 Å². The molecule has 2 N–H and O–H groups in total. The molecule has 1 aromatic carbocycles. The van der Waals surface area contributed by atoms with E-state index in [1.54, 1.807) is 6.92 Å². The Morgan fingerprint density at radius 2 is 2.06 bits per heavy atom. The number of rotatable bonds is 4. The zero-order chi connectivity index (χ0) is 13.0. The fourth-order valence-corrected chi connectivity index (χ4v) is 1.89. The van der Waals surface area contributed by atoms with Crippen molar-refractivity contribution in [1.82, 2.24) is 0 Å². The van der Waals surface area contributed by atoms with Gasteiger partial charge >= 0.3 is 5.97 Å². The van der Waals surface area contributed by atoms with Gasteiger partial charge in [0.2, 0.25) is 0 Å². The zero-order valence-corrected chi connectivity index (χ0v) is 11.4. The smallest absolute Gasteiger partial charge is 0.342 e. The summed E-state index contributed by atoms with van der Waals surface area (Å²) >= 11 is 3.03. The number of aryl methyl sites for hydroxylation is 1. The van der Waals surface area contributed by atoms with Crippen molar-refractivity contribution in [3.8, 4) is 11.5 Å². The molecule has 0 bridgehead atoms. The minimum absolute atomic E-state index is 0.0843.